The number of hydrogen-bond acceptors (Lipinski definition) is 3. The Kier molecular flexibility index (Phi) is 8.05. The van der Waals surface area contributed by atoms with E-state index < -0.39 is 0 Å². The van der Waals surface area contributed by atoms with Gasteiger partial charge in [-0.25, -0.2) is 4.39 Å². The van der Waals surface area contributed by atoms with Crippen LogP contribution in [0.5, 0.6) is 0 Å². The molecule has 0 aromatic heterocycles. The molecule has 2 amide bonds. The lowest BCUT2D eigenvalue weighted by Crippen LogP contribution is -2.57. The van der Waals surface area contributed by atoms with Crippen LogP contribution in [0.15, 0.2) is 24.3 Å². The Labute approximate surface area is 166 Å². The van der Waals surface area contributed by atoms with Gasteiger partial charge in [-0.1, -0.05) is 19.1 Å². The fourth-order valence-electron chi connectivity index (χ4n) is 3.93. The summed E-state index contributed by atoms with van der Waals surface area (Å²) < 4.78 is 13.3. The third kappa shape index (κ3) is 5.66. The lowest BCUT2D eigenvalue weighted by atomic mass is 9.97. The van der Waals surface area contributed by atoms with E-state index in [-0.39, 0.29) is 42.0 Å². The Morgan fingerprint density at radius 2 is 2.19 bits per heavy atom. The van der Waals surface area contributed by atoms with E-state index in [1.165, 1.54) is 12.1 Å². The molecule has 1 aromatic rings. The van der Waals surface area contributed by atoms with E-state index in [1.54, 1.807) is 6.07 Å². The van der Waals surface area contributed by atoms with E-state index in [0.717, 1.165) is 38.0 Å². The molecule has 0 radical (unpaired) electrons. The minimum atomic E-state index is -0.235. The van der Waals surface area contributed by atoms with Gasteiger partial charge in [0.15, 0.2) is 0 Å². The Balaban J connectivity index is 0.00000261. The van der Waals surface area contributed by atoms with Gasteiger partial charge in [-0.2, -0.15) is 0 Å². The molecule has 0 bridgehead atoms. The van der Waals surface area contributed by atoms with Gasteiger partial charge < -0.3 is 15.1 Å². The summed E-state index contributed by atoms with van der Waals surface area (Å²) >= 11 is 0. The molecule has 150 valence electrons. The average molecular weight is 398 g/mol. The normalized spacial score (nSPS) is 21.6. The summed E-state index contributed by atoms with van der Waals surface area (Å²) in [6.07, 6.45) is 3.30. The van der Waals surface area contributed by atoms with Gasteiger partial charge in [0.25, 0.3) is 0 Å². The second-order valence-electron chi connectivity index (χ2n) is 7.41. The minimum Gasteiger partial charge on any atom is -0.340 e. The molecule has 5 nitrogen and oxygen atoms in total. The van der Waals surface area contributed by atoms with Crippen LogP contribution in [0.4, 0.5) is 4.39 Å². The van der Waals surface area contributed by atoms with Crippen molar-refractivity contribution in [3.05, 3.63) is 35.6 Å². The number of piperidine rings is 1. The Morgan fingerprint density at radius 3 is 2.93 bits per heavy atom. The number of halogens is 2. The van der Waals surface area contributed by atoms with Gasteiger partial charge in [-0.05, 0) is 43.4 Å². The van der Waals surface area contributed by atoms with E-state index in [2.05, 4.69) is 5.32 Å². The van der Waals surface area contributed by atoms with E-state index in [1.807, 2.05) is 22.8 Å². The highest BCUT2D eigenvalue weighted by Crippen LogP contribution is 2.20. The van der Waals surface area contributed by atoms with Gasteiger partial charge in [0.05, 0.1) is 6.54 Å². The molecule has 7 heteroatoms. The van der Waals surface area contributed by atoms with Crippen molar-refractivity contribution in [1.29, 1.82) is 0 Å². The highest BCUT2D eigenvalue weighted by Gasteiger charge is 2.32. The molecule has 2 aliphatic rings. The number of hydrogen-bond donors (Lipinski definition) is 1. The zero-order valence-corrected chi connectivity index (χ0v) is 16.6. The van der Waals surface area contributed by atoms with Crippen molar-refractivity contribution in [3.8, 4) is 0 Å². The van der Waals surface area contributed by atoms with Gasteiger partial charge >= 0.3 is 0 Å². The van der Waals surface area contributed by atoms with E-state index in [9.17, 15) is 14.0 Å². The molecule has 2 atom stereocenters. The van der Waals surface area contributed by atoms with Crippen molar-refractivity contribution < 1.29 is 14.0 Å². The van der Waals surface area contributed by atoms with Crippen molar-refractivity contribution >= 4 is 24.2 Å². The number of carbonyl (C=O) groups is 2. The van der Waals surface area contributed by atoms with Crippen LogP contribution in [-0.2, 0) is 16.0 Å². The zero-order chi connectivity index (χ0) is 18.5. The fraction of sp³-hybridized carbons (Fsp3) is 0.600. The van der Waals surface area contributed by atoms with Gasteiger partial charge in [-0.3, -0.25) is 9.59 Å². The first-order valence-corrected chi connectivity index (χ1v) is 9.58. The molecule has 2 saturated heterocycles. The van der Waals surface area contributed by atoms with Crippen LogP contribution in [0.1, 0.15) is 31.7 Å². The highest BCUT2D eigenvalue weighted by molar-refractivity contribution is 5.85. The number of amides is 2. The Morgan fingerprint density at radius 1 is 1.37 bits per heavy atom. The number of carbonyl (C=O) groups excluding carboxylic acids is 2. The van der Waals surface area contributed by atoms with Crippen molar-refractivity contribution in [2.45, 2.75) is 38.6 Å². The summed E-state index contributed by atoms with van der Waals surface area (Å²) in [7, 11) is 0. The molecule has 0 saturated carbocycles. The van der Waals surface area contributed by atoms with Gasteiger partial charge in [-0.15, -0.1) is 12.4 Å². The molecule has 1 N–H and O–H groups in total. The summed E-state index contributed by atoms with van der Waals surface area (Å²) in [6.45, 7) is 5.28. The Hall–Kier alpha value is -1.66. The van der Waals surface area contributed by atoms with Crippen LogP contribution in [0.3, 0.4) is 0 Å². The molecule has 2 aliphatic heterocycles. The van der Waals surface area contributed by atoms with Crippen molar-refractivity contribution in [2.75, 3.05) is 32.7 Å². The number of nitrogens with zero attached hydrogens (tertiary/aromatic N) is 2. The fourth-order valence-corrected chi connectivity index (χ4v) is 3.93. The largest absolute Gasteiger partial charge is 0.340 e. The number of rotatable bonds is 5. The molecule has 0 spiro atoms. The molecule has 3 rings (SSSR count). The highest BCUT2D eigenvalue weighted by atomic mass is 35.5. The molecule has 2 heterocycles. The van der Waals surface area contributed by atoms with Crippen LogP contribution < -0.4 is 5.32 Å². The molecule has 2 unspecified atom stereocenters. The van der Waals surface area contributed by atoms with Crippen molar-refractivity contribution in [3.63, 3.8) is 0 Å². The smallest absolute Gasteiger partial charge is 0.236 e. The SMILES string of the molecule is CC(CCc1cccc(F)c1)C(=O)N1CCCC(N2CCNCC2=O)C1.Cl. The lowest BCUT2D eigenvalue weighted by Gasteiger charge is -2.41. The summed E-state index contributed by atoms with van der Waals surface area (Å²) in [5.74, 6) is -0.0554. The minimum absolute atomic E-state index is 0. The number of likely N-dealkylation sites (tertiary alicyclic amines) is 1. The summed E-state index contributed by atoms with van der Waals surface area (Å²) in [5, 5.41) is 3.09. The van der Waals surface area contributed by atoms with Crippen LogP contribution >= 0.6 is 12.4 Å². The summed E-state index contributed by atoms with van der Waals surface area (Å²) in [6, 6.07) is 6.70. The molecule has 1 aromatic carbocycles. The summed E-state index contributed by atoms with van der Waals surface area (Å²) in [5.41, 5.74) is 0.924. The first-order valence-electron chi connectivity index (χ1n) is 9.58. The first kappa shape index (κ1) is 21.6. The predicted octanol–water partition coefficient (Wildman–Crippen LogP) is 2.24. The second-order valence-corrected chi connectivity index (χ2v) is 7.41. The summed E-state index contributed by atoms with van der Waals surface area (Å²) in [4.78, 5) is 28.8. The van der Waals surface area contributed by atoms with Crippen molar-refractivity contribution in [1.82, 2.24) is 15.1 Å². The van der Waals surface area contributed by atoms with E-state index >= 15 is 0 Å². The van der Waals surface area contributed by atoms with Crippen LogP contribution in [-0.4, -0.2) is 60.4 Å². The number of benzene rings is 1. The van der Waals surface area contributed by atoms with Gasteiger partial charge in [0.1, 0.15) is 5.82 Å². The predicted molar refractivity (Wildman–Crippen MR) is 105 cm³/mol. The molecule has 27 heavy (non-hydrogen) atoms. The van der Waals surface area contributed by atoms with E-state index in [4.69, 9.17) is 0 Å². The van der Waals surface area contributed by atoms with Gasteiger partial charge in [0.2, 0.25) is 11.8 Å². The van der Waals surface area contributed by atoms with Crippen LogP contribution in [0, 0.1) is 11.7 Å². The number of nitrogens with one attached hydrogen (secondary N) is 1. The number of piperazine rings is 1. The lowest BCUT2D eigenvalue weighted by molar-refractivity contribution is -0.142. The maximum atomic E-state index is 13.3. The quantitative estimate of drug-likeness (QED) is 0.829. The maximum Gasteiger partial charge on any atom is 0.236 e. The third-order valence-corrected chi connectivity index (χ3v) is 5.45. The number of aryl methyl sites for hydroxylation is 1. The molecular formula is C20H29ClFN3O2. The average Bonchev–Trinajstić information content (AvgIpc) is 2.66. The van der Waals surface area contributed by atoms with Gasteiger partial charge in [0, 0.05) is 38.1 Å². The maximum absolute atomic E-state index is 13.3. The van der Waals surface area contributed by atoms with E-state index in [0.29, 0.717) is 25.9 Å². The Bertz CT molecular complexity index is 658. The first-order chi connectivity index (χ1) is 12.5. The van der Waals surface area contributed by atoms with Crippen LogP contribution in [0.25, 0.3) is 0 Å². The molecular weight excluding hydrogens is 369 g/mol. The molecule has 0 aliphatic carbocycles. The second kappa shape index (κ2) is 10.0. The van der Waals surface area contributed by atoms with Crippen molar-refractivity contribution in [2.24, 2.45) is 5.92 Å². The topological polar surface area (TPSA) is 52.7 Å². The monoisotopic (exact) mass is 397 g/mol. The standard InChI is InChI=1S/C20H28FN3O2.ClH/c1-15(7-8-16-4-2-5-17(21)12-16)20(26)23-10-3-6-18(14-23)24-11-9-22-13-19(24)25;/h2,4-5,12,15,18,22H,3,6-11,13-14H2,1H3;1H. The van der Waals surface area contributed by atoms with Crippen LogP contribution in [0.2, 0.25) is 0 Å². The zero-order valence-electron chi connectivity index (χ0n) is 15.8. The molecule has 2 fully saturated rings. The third-order valence-electron chi connectivity index (χ3n) is 5.45.